The number of nitrogens with zero attached hydrogens (tertiary/aromatic N) is 2. The van der Waals surface area contributed by atoms with E-state index in [2.05, 4.69) is 20.6 Å². The Kier molecular flexibility index (Phi) is 7.04. The lowest BCUT2D eigenvalue weighted by molar-refractivity contribution is -0.116. The molecule has 0 aliphatic carbocycles. The van der Waals surface area contributed by atoms with Gasteiger partial charge in [0.2, 0.25) is 5.91 Å². The molecule has 3 aromatic rings. The highest BCUT2D eigenvalue weighted by molar-refractivity contribution is 8.77. The average Bonchev–Trinajstić information content (AvgIpc) is 3.25. The Morgan fingerprint density at radius 2 is 2.19 bits per heavy atom. The first kappa shape index (κ1) is 22.0. The zero-order valence-electron chi connectivity index (χ0n) is 16.7. The van der Waals surface area contributed by atoms with Crippen LogP contribution in [0.25, 0.3) is 10.9 Å². The second kappa shape index (κ2) is 9.93. The summed E-state index contributed by atoms with van der Waals surface area (Å²) >= 11 is 5.89. The van der Waals surface area contributed by atoms with Crippen LogP contribution in [-0.2, 0) is 4.79 Å². The summed E-state index contributed by atoms with van der Waals surface area (Å²) in [5.74, 6) is 1.57. The van der Waals surface area contributed by atoms with Gasteiger partial charge < -0.3 is 15.4 Å². The zero-order valence-corrected chi connectivity index (χ0v) is 19.0. The van der Waals surface area contributed by atoms with Gasteiger partial charge in [-0.05, 0) is 37.6 Å². The number of anilines is 3. The van der Waals surface area contributed by atoms with Gasteiger partial charge in [-0.1, -0.05) is 33.2 Å². The third-order valence-electron chi connectivity index (χ3n) is 4.63. The smallest absolute Gasteiger partial charge is 0.225 e. The Morgan fingerprint density at radius 1 is 1.32 bits per heavy atom. The van der Waals surface area contributed by atoms with Gasteiger partial charge in [0.05, 0.1) is 22.8 Å². The van der Waals surface area contributed by atoms with Crippen molar-refractivity contribution >= 4 is 67.2 Å². The number of hydrogen-bond acceptors (Lipinski definition) is 7. The summed E-state index contributed by atoms with van der Waals surface area (Å²) < 4.78 is 19.2. The van der Waals surface area contributed by atoms with Crippen LogP contribution in [0.4, 0.5) is 21.6 Å². The van der Waals surface area contributed by atoms with Crippen molar-refractivity contribution in [1.29, 1.82) is 0 Å². The molecule has 162 valence electrons. The molecule has 2 aromatic carbocycles. The molecule has 31 heavy (non-hydrogen) atoms. The maximum atomic E-state index is 13.5. The Bertz CT molecular complexity index is 1110. The van der Waals surface area contributed by atoms with Crippen LogP contribution in [0, 0.1) is 5.82 Å². The van der Waals surface area contributed by atoms with E-state index < -0.39 is 5.82 Å². The van der Waals surface area contributed by atoms with Gasteiger partial charge in [0.25, 0.3) is 0 Å². The van der Waals surface area contributed by atoms with Gasteiger partial charge in [-0.3, -0.25) is 4.79 Å². The van der Waals surface area contributed by atoms with E-state index in [1.165, 1.54) is 18.5 Å². The van der Waals surface area contributed by atoms with Crippen LogP contribution in [0.15, 0.2) is 36.7 Å². The predicted octanol–water partition coefficient (Wildman–Crippen LogP) is 6.05. The van der Waals surface area contributed by atoms with E-state index in [1.807, 2.05) is 6.92 Å². The minimum atomic E-state index is -0.495. The molecule has 1 fully saturated rings. The first-order chi connectivity index (χ1) is 15.0. The molecular formula is C21H20ClFN4O2S2. The number of hydrogen-bond donors (Lipinski definition) is 2. The van der Waals surface area contributed by atoms with Gasteiger partial charge in [-0.15, -0.1) is 0 Å². The predicted molar refractivity (Wildman–Crippen MR) is 127 cm³/mol. The van der Waals surface area contributed by atoms with E-state index >= 15 is 0 Å². The molecule has 0 saturated carbocycles. The van der Waals surface area contributed by atoms with E-state index in [4.69, 9.17) is 16.3 Å². The number of rotatable bonds is 7. The molecule has 1 amide bonds. The van der Waals surface area contributed by atoms with Gasteiger partial charge in [0.15, 0.2) is 0 Å². The molecule has 2 N–H and O–H groups in total. The number of ether oxygens (including phenoxy) is 1. The summed E-state index contributed by atoms with van der Waals surface area (Å²) in [7, 11) is 3.56. The van der Waals surface area contributed by atoms with E-state index in [0.717, 1.165) is 12.2 Å². The summed E-state index contributed by atoms with van der Waals surface area (Å²) in [6.07, 6.45) is 2.91. The maximum Gasteiger partial charge on any atom is 0.225 e. The molecule has 2 heterocycles. The van der Waals surface area contributed by atoms with E-state index in [9.17, 15) is 9.18 Å². The first-order valence-corrected chi connectivity index (χ1v) is 12.5. The molecule has 0 radical (unpaired) electrons. The first-order valence-electron chi connectivity index (χ1n) is 9.75. The minimum Gasteiger partial charge on any atom is -0.492 e. The highest BCUT2D eigenvalue weighted by Gasteiger charge is 2.21. The molecule has 1 atom stereocenters. The Balaban J connectivity index is 1.65. The molecule has 1 saturated heterocycles. The second-order valence-corrected chi connectivity index (χ2v) is 10.1. The molecule has 1 aliphatic rings. The third-order valence-corrected chi connectivity index (χ3v) is 7.86. The number of carbonyl (C=O) groups is 1. The monoisotopic (exact) mass is 478 g/mol. The summed E-state index contributed by atoms with van der Waals surface area (Å²) in [5, 5.41) is 7.15. The van der Waals surface area contributed by atoms with E-state index in [0.29, 0.717) is 52.1 Å². The van der Waals surface area contributed by atoms with Crippen LogP contribution in [0.1, 0.15) is 19.8 Å². The van der Waals surface area contributed by atoms with E-state index in [-0.39, 0.29) is 10.9 Å². The molecule has 0 spiro atoms. The standard InChI is InChI=1S/C21H20ClFN4O2S2/c1-2-29-19-10-17-14(9-18(19)27-20(28)8-13-5-6-30-31-13)21(25-11-24-17)26-12-3-4-16(23)15(22)7-12/h3-4,7,9-11,13H,2,5-6,8H2,1H3,(H,27,28)(H,24,25,26). The highest BCUT2D eigenvalue weighted by atomic mass is 35.5. The van der Waals surface area contributed by atoms with Gasteiger partial charge in [-0.25, -0.2) is 14.4 Å². The quantitative estimate of drug-likeness (QED) is 0.400. The minimum absolute atomic E-state index is 0.0119. The van der Waals surface area contributed by atoms with Crippen LogP contribution in [-0.4, -0.2) is 33.5 Å². The Labute approximate surface area is 192 Å². The molecule has 1 aliphatic heterocycles. The van der Waals surface area contributed by atoms with Crippen molar-refractivity contribution in [3.63, 3.8) is 0 Å². The lowest BCUT2D eigenvalue weighted by Crippen LogP contribution is -2.17. The maximum absolute atomic E-state index is 13.5. The van der Waals surface area contributed by atoms with Crippen LogP contribution < -0.4 is 15.4 Å². The summed E-state index contributed by atoms with van der Waals surface area (Å²) in [4.78, 5) is 21.3. The summed E-state index contributed by atoms with van der Waals surface area (Å²) in [6.45, 7) is 2.33. The molecular weight excluding hydrogens is 459 g/mol. The van der Waals surface area contributed by atoms with Gasteiger partial charge in [0.1, 0.15) is 23.7 Å². The van der Waals surface area contributed by atoms with Crippen molar-refractivity contribution in [2.75, 3.05) is 23.0 Å². The number of amides is 1. The summed E-state index contributed by atoms with van der Waals surface area (Å²) in [5.41, 5.74) is 1.79. The topological polar surface area (TPSA) is 76.1 Å². The van der Waals surface area contributed by atoms with Gasteiger partial charge in [-0.2, -0.15) is 0 Å². The highest BCUT2D eigenvalue weighted by Crippen LogP contribution is 2.40. The van der Waals surface area contributed by atoms with Gasteiger partial charge in [0, 0.05) is 34.6 Å². The van der Waals surface area contributed by atoms with Gasteiger partial charge >= 0.3 is 0 Å². The van der Waals surface area contributed by atoms with Crippen molar-refractivity contribution in [2.45, 2.75) is 25.0 Å². The lowest BCUT2D eigenvalue weighted by atomic mass is 10.1. The molecule has 6 nitrogen and oxygen atoms in total. The molecule has 4 rings (SSSR count). The fraction of sp³-hybridized carbons (Fsp3) is 0.286. The number of benzene rings is 2. The van der Waals surface area contributed by atoms with Crippen LogP contribution in [0.5, 0.6) is 5.75 Å². The van der Waals surface area contributed by atoms with Crippen LogP contribution >= 0.6 is 33.2 Å². The molecule has 1 unspecified atom stereocenters. The number of carbonyl (C=O) groups excluding carboxylic acids is 1. The number of fused-ring (bicyclic) bond motifs is 1. The van der Waals surface area contributed by atoms with Crippen molar-refractivity contribution in [3.8, 4) is 5.75 Å². The van der Waals surface area contributed by atoms with Crippen molar-refractivity contribution in [2.24, 2.45) is 0 Å². The molecule has 10 heteroatoms. The third kappa shape index (κ3) is 5.34. The fourth-order valence-electron chi connectivity index (χ4n) is 3.18. The zero-order chi connectivity index (χ0) is 21.8. The SMILES string of the molecule is CCOc1cc2ncnc(Nc3ccc(F)c(Cl)c3)c2cc1NC(=O)CC1CCSS1. The fourth-order valence-corrected chi connectivity index (χ4v) is 6.26. The Morgan fingerprint density at radius 3 is 2.94 bits per heavy atom. The average molecular weight is 479 g/mol. The Hall–Kier alpha value is -2.23. The number of nitrogens with one attached hydrogen (secondary N) is 2. The van der Waals surface area contributed by atoms with Crippen molar-refractivity contribution < 1.29 is 13.9 Å². The second-order valence-electron chi connectivity index (χ2n) is 6.86. The number of aromatic nitrogens is 2. The normalized spacial score (nSPS) is 15.8. The molecule has 0 bridgehead atoms. The van der Waals surface area contributed by atoms with E-state index in [1.54, 1.807) is 39.8 Å². The summed E-state index contributed by atoms with van der Waals surface area (Å²) in [6, 6.07) is 7.91. The van der Waals surface area contributed by atoms with Crippen molar-refractivity contribution in [3.05, 3.63) is 47.5 Å². The largest absolute Gasteiger partial charge is 0.492 e. The van der Waals surface area contributed by atoms with Crippen LogP contribution in [0.3, 0.4) is 0 Å². The van der Waals surface area contributed by atoms with Crippen LogP contribution in [0.2, 0.25) is 5.02 Å². The number of halogens is 2. The molecule has 1 aromatic heterocycles. The lowest BCUT2D eigenvalue weighted by Gasteiger charge is -2.15. The van der Waals surface area contributed by atoms with Crippen molar-refractivity contribution in [1.82, 2.24) is 9.97 Å².